The zero-order chi connectivity index (χ0) is 17.6. The van der Waals surface area contributed by atoms with E-state index in [4.69, 9.17) is 11.6 Å². The van der Waals surface area contributed by atoms with Gasteiger partial charge in [0.25, 0.3) is 5.91 Å². The molecule has 7 heteroatoms. The van der Waals surface area contributed by atoms with E-state index in [1.807, 2.05) is 42.5 Å². The van der Waals surface area contributed by atoms with Crippen molar-refractivity contribution in [3.05, 3.63) is 82.9 Å². The summed E-state index contributed by atoms with van der Waals surface area (Å²) in [5, 5.41) is 17.7. The van der Waals surface area contributed by atoms with E-state index < -0.39 is 6.10 Å². The number of hydrogen-bond donors (Lipinski definition) is 2. The van der Waals surface area contributed by atoms with E-state index in [0.717, 1.165) is 11.1 Å². The van der Waals surface area contributed by atoms with E-state index in [1.165, 1.54) is 11.0 Å². The summed E-state index contributed by atoms with van der Waals surface area (Å²) in [6, 6.07) is 16.5. The molecule has 0 aliphatic heterocycles. The van der Waals surface area contributed by atoms with Crippen LogP contribution in [-0.2, 0) is 13.1 Å². The Morgan fingerprint density at radius 1 is 1.20 bits per heavy atom. The first-order valence-corrected chi connectivity index (χ1v) is 8.15. The van der Waals surface area contributed by atoms with Gasteiger partial charge in [-0.2, -0.15) is 0 Å². The number of nitrogens with zero attached hydrogens (tertiary/aromatic N) is 3. The Bertz CT molecular complexity index is 851. The van der Waals surface area contributed by atoms with Gasteiger partial charge in [0.05, 0.1) is 12.6 Å². The minimum atomic E-state index is -0.717. The second-order valence-electron chi connectivity index (χ2n) is 5.53. The SMILES string of the molecule is O=C(NCc1cccc(Cl)c1)c1ncn(C[C@@H](O)c2ccccc2)n1. The molecule has 1 atom stereocenters. The quantitative estimate of drug-likeness (QED) is 0.711. The molecule has 0 aliphatic carbocycles. The Morgan fingerprint density at radius 3 is 2.76 bits per heavy atom. The summed E-state index contributed by atoms with van der Waals surface area (Å²) < 4.78 is 1.45. The van der Waals surface area contributed by atoms with Crippen molar-refractivity contribution in [2.45, 2.75) is 19.2 Å². The minimum absolute atomic E-state index is 0.0577. The van der Waals surface area contributed by atoms with Crippen LogP contribution in [0.3, 0.4) is 0 Å². The molecule has 0 aliphatic rings. The molecule has 0 spiro atoms. The minimum Gasteiger partial charge on any atom is -0.386 e. The van der Waals surface area contributed by atoms with Crippen LogP contribution in [0.15, 0.2) is 60.9 Å². The van der Waals surface area contributed by atoms with Gasteiger partial charge < -0.3 is 10.4 Å². The highest BCUT2D eigenvalue weighted by atomic mass is 35.5. The van der Waals surface area contributed by atoms with Gasteiger partial charge in [0.15, 0.2) is 0 Å². The number of rotatable bonds is 6. The number of amides is 1. The molecule has 1 aromatic heterocycles. The number of benzene rings is 2. The number of halogens is 1. The van der Waals surface area contributed by atoms with Crippen molar-refractivity contribution in [2.75, 3.05) is 0 Å². The number of aliphatic hydroxyl groups is 1. The summed E-state index contributed by atoms with van der Waals surface area (Å²) in [6.07, 6.45) is 0.714. The summed E-state index contributed by atoms with van der Waals surface area (Å²) in [5.74, 6) is -0.324. The van der Waals surface area contributed by atoms with Gasteiger partial charge in [-0.25, -0.2) is 9.67 Å². The van der Waals surface area contributed by atoms with Gasteiger partial charge >= 0.3 is 0 Å². The van der Waals surface area contributed by atoms with E-state index in [2.05, 4.69) is 15.4 Å². The highest BCUT2D eigenvalue weighted by Crippen LogP contribution is 2.14. The van der Waals surface area contributed by atoms with Crippen LogP contribution in [0.4, 0.5) is 0 Å². The van der Waals surface area contributed by atoms with Gasteiger partial charge in [0.1, 0.15) is 6.33 Å². The van der Waals surface area contributed by atoms with Gasteiger partial charge in [-0.05, 0) is 23.3 Å². The Balaban J connectivity index is 1.58. The lowest BCUT2D eigenvalue weighted by Crippen LogP contribution is -2.24. The normalized spacial score (nSPS) is 11.9. The Labute approximate surface area is 150 Å². The third-order valence-corrected chi connectivity index (χ3v) is 3.86. The van der Waals surface area contributed by atoms with Crippen LogP contribution in [0.5, 0.6) is 0 Å². The molecule has 2 N–H and O–H groups in total. The number of aromatic nitrogens is 3. The van der Waals surface area contributed by atoms with Gasteiger partial charge in [0, 0.05) is 11.6 Å². The molecule has 1 heterocycles. The molecule has 0 unspecified atom stereocenters. The Kier molecular flexibility index (Phi) is 5.42. The van der Waals surface area contributed by atoms with E-state index >= 15 is 0 Å². The average Bonchev–Trinajstić information content (AvgIpc) is 3.09. The van der Waals surface area contributed by atoms with Crippen molar-refractivity contribution in [1.82, 2.24) is 20.1 Å². The molecule has 3 aromatic rings. The Hall–Kier alpha value is -2.70. The van der Waals surface area contributed by atoms with Gasteiger partial charge in [0.2, 0.25) is 5.82 Å². The maximum Gasteiger partial charge on any atom is 0.291 e. The first kappa shape index (κ1) is 17.1. The van der Waals surface area contributed by atoms with Crippen molar-refractivity contribution in [3.8, 4) is 0 Å². The highest BCUT2D eigenvalue weighted by molar-refractivity contribution is 6.30. The summed E-state index contributed by atoms with van der Waals surface area (Å²) in [7, 11) is 0. The Morgan fingerprint density at radius 2 is 2.00 bits per heavy atom. The molecule has 0 saturated carbocycles. The molecule has 2 aromatic carbocycles. The van der Waals surface area contributed by atoms with Gasteiger partial charge in [-0.3, -0.25) is 4.79 Å². The number of carbonyl (C=O) groups is 1. The second-order valence-corrected chi connectivity index (χ2v) is 5.97. The zero-order valence-electron chi connectivity index (χ0n) is 13.3. The van der Waals surface area contributed by atoms with Crippen molar-refractivity contribution in [1.29, 1.82) is 0 Å². The standard InChI is InChI=1S/C18H17ClN4O2/c19-15-8-4-5-13(9-15)10-20-18(25)17-21-12-23(22-17)11-16(24)14-6-2-1-3-7-14/h1-9,12,16,24H,10-11H2,(H,20,25)/t16-/m1/s1. The van der Waals surface area contributed by atoms with Crippen LogP contribution in [0, 0.1) is 0 Å². The average molecular weight is 357 g/mol. The fourth-order valence-electron chi connectivity index (χ4n) is 2.35. The van der Waals surface area contributed by atoms with E-state index in [-0.39, 0.29) is 18.3 Å². The fourth-order valence-corrected chi connectivity index (χ4v) is 2.57. The molecular weight excluding hydrogens is 340 g/mol. The summed E-state index contributed by atoms with van der Waals surface area (Å²) in [5.41, 5.74) is 1.67. The predicted octanol–water partition coefficient (Wildman–Crippen LogP) is 2.60. The van der Waals surface area contributed by atoms with Crippen LogP contribution in [0.25, 0.3) is 0 Å². The fraction of sp³-hybridized carbons (Fsp3) is 0.167. The van der Waals surface area contributed by atoms with E-state index in [0.29, 0.717) is 11.6 Å². The number of aliphatic hydroxyl groups excluding tert-OH is 1. The molecule has 25 heavy (non-hydrogen) atoms. The van der Waals surface area contributed by atoms with Crippen molar-refractivity contribution < 1.29 is 9.90 Å². The van der Waals surface area contributed by atoms with Gasteiger partial charge in [-0.15, -0.1) is 5.10 Å². The highest BCUT2D eigenvalue weighted by Gasteiger charge is 2.14. The smallest absolute Gasteiger partial charge is 0.291 e. The monoisotopic (exact) mass is 356 g/mol. The van der Waals surface area contributed by atoms with Crippen LogP contribution < -0.4 is 5.32 Å². The molecule has 128 valence electrons. The number of nitrogens with one attached hydrogen (secondary N) is 1. The maximum absolute atomic E-state index is 12.1. The third kappa shape index (κ3) is 4.65. The molecule has 0 bridgehead atoms. The molecule has 0 fully saturated rings. The molecule has 3 rings (SSSR count). The van der Waals surface area contributed by atoms with Crippen LogP contribution >= 0.6 is 11.6 Å². The van der Waals surface area contributed by atoms with Crippen molar-refractivity contribution >= 4 is 17.5 Å². The van der Waals surface area contributed by atoms with Crippen LogP contribution in [-0.4, -0.2) is 25.8 Å². The van der Waals surface area contributed by atoms with E-state index in [9.17, 15) is 9.90 Å². The molecular formula is C18H17ClN4O2. The van der Waals surface area contributed by atoms with Crippen LogP contribution in [0.2, 0.25) is 5.02 Å². The number of carbonyl (C=O) groups excluding carboxylic acids is 1. The first-order valence-electron chi connectivity index (χ1n) is 7.77. The predicted molar refractivity (Wildman–Crippen MR) is 94.0 cm³/mol. The maximum atomic E-state index is 12.1. The summed E-state index contributed by atoms with van der Waals surface area (Å²) in [4.78, 5) is 16.1. The lowest BCUT2D eigenvalue weighted by molar-refractivity contribution is 0.0938. The van der Waals surface area contributed by atoms with E-state index in [1.54, 1.807) is 12.1 Å². The largest absolute Gasteiger partial charge is 0.386 e. The topological polar surface area (TPSA) is 80.0 Å². The molecule has 0 radical (unpaired) electrons. The number of hydrogen-bond acceptors (Lipinski definition) is 4. The lowest BCUT2D eigenvalue weighted by atomic mass is 10.1. The molecule has 6 nitrogen and oxygen atoms in total. The summed E-state index contributed by atoms with van der Waals surface area (Å²) >= 11 is 5.92. The van der Waals surface area contributed by atoms with Crippen molar-refractivity contribution in [3.63, 3.8) is 0 Å². The summed E-state index contributed by atoms with van der Waals surface area (Å²) in [6.45, 7) is 0.555. The first-order chi connectivity index (χ1) is 12.1. The van der Waals surface area contributed by atoms with Gasteiger partial charge in [-0.1, -0.05) is 54.1 Å². The molecule has 1 amide bonds. The zero-order valence-corrected chi connectivity index (χ0v) is 14.1. The third-order valence-electron chi connectivity index (χ3n) is 3.63. The second kappa shape index (κ2) is 7.92. The van der Waals surface area contributed by atoms with Crippen molar-refractivity contribution in [2.24, 2.45) is 0 Å². The van der Waals surface area contributed by atoms with Crippen LogP contribution in [0.1, 0.15) is 27.8 Å². The molecule has 0 saturated heterocycles. The lowest BCUT2D eigenvalue weighted by Gasteiger charge is -2.10.